The molecule has 0 radical (unpaired) electrons. The number of hydrogen-bond donors (Lipinski definition) is 4. The zero-order valence-electron chi connectivity index (χ0n) is 17.9. The number of benzene rings is 2. The van der Waals surface area contributed by atoms with E-state index in [9.17, 15) is 19.5 Å². The molecule has 4 N–H and O–H groups in total. The fourth-order valence-corrected chi connectivity index (χ4v) is 4.31. The maximum atomic E-state index is 12.4. The van der Waals surface area contributed by atoms with Gasteiger partial charge in [-0.15, -0.1) is 5.10 Å². The number of ether oxygens (including phenoxy) is 2. The highest BCUT2D eigenvalue weighted by atomic mass is 16.5. The van der Waals surface area contributed by atoms with E-state index in [4.69, 9.17) is 9.47 Å². The number of anilines is 1. The highest BCUT2D eigenvalue weighted by Crippen LogP contribution is 2.44. The molecule has 2 heterocycles. The number of carboxylic acid groups (broad SMARTS) is 1. The topological polar surface area (TPSA) is 156 Å². The Morgan fingerprint density at radius 3 is 2.41 bits per heavy atom. The minimum atomic E-state index is -1.52. The normalized spacial score (nSPS) is 18.7. The van der Waals surface area contributed by atoms with Crippen LogP contribution >= 0.6 is 0 Å². The molecule has 1 aromatic heterocycles. The quantitative estimate of drug-likeness (QED) is 0.433. The number of hydrogen-bond acceptors (Lipinski definition) is 7. The Labute approximate surface area is 193 Å². The summed E-state index contributed by atoms with van der Waals surface area (Å²) in [6, 6.07) is 16.0. The largest absolute Gasteiger partial charge is 0.479 e. The summed E-state index contributed by atoms with van der Waals surface area (Å²) in [5, 5.41) is 20.4. The monoisotopic (exact) mass is 463 g/mol. The van der Waals surface area contributed by atoms with Gasteiger partial charge < -0.3 is 19.9 Å². The van der Waals surface area contributed by atoms with Crippen molar-refractivity contribution < 1.29 is 29.0 Å². The maximum absolute atomic E-state index is 12.4. The first-order chi connectivity index (χ1) is 16.5. The van der Waals surface area contributed by atoms with E-state index in [0.29, 0.717) is 0 Å². The SMILES string of the molecule is O=C(Nc1n[nH]c(C(=O)NC2(C(=O)O)CCOC2)n1)OCC1c2ccccc2-c2ccccc21. The van der Waals surface area contributed by atoms with Crippen LogP contribution in [0.2, 0.25) is 0 Å². The summed E-state index contributed by atoms with van der Waals surface area (Å²) >= 11 is 0. The second kappa shape index (κ2) is 8.60. The number of aliphatic carboxylic acids is 1. The molecule has 11 nitrogen and oxygen atoms in total. The first-order valence-electron chi connectivity index (χ1n) is 10.6. The molecule has 0 spiro atoms. The predicted octanol–water partition coefficient (Wildman–Crippen LogP) is 2.14. The highest BCUT2D eigenvalue weighted by Gasteiger charge is 2.44. The molecule has 5 rings (SSSR count). The predicted molar refractivity (Wildman–Crippen MR) is 118 cm³/mol. The third-order valence-corrected chi connectivity index (χ3v) is 6.04. The fourth-order valence-electron chi connectivity index (χ4n) is 4.31. The van der Waals surface area contributed by atoms with Crippen molar-refractivity contribution in [1.29, 1.82) is 0 Å². The van der Waals surface area contributed by atoms with Crippen LogP contribution in [0.4, 0.5) is 10.7 Å². The number of nitrogens with one attached hydrogen (secondary N) is 3. The molecule has 2 aliphatic rings. The lowest BCUT2D eigenvalue weighted by Gasteiger charge is -2.22. The van der Waals surface area contributed by atoms with Gasteiger partial charge in [-0.25, -0.2) is 9.59 Å². The zero-order valence-corrected chi connectivity index (χ0v) is 17.9. The molecule has 2 amide bonds. The summed E-state index contributed by atoms with van der Waals surface area (Å²) in [7, 11) is 0. The number of nitrogens with zero attached hydrogens (tertiary/aromatic N) is 2. The van der Waals surface area contributed by atoms with E-state index in [2.05, 4.69) is 25.8 Å². The number of aromatic amines is 1. The lowest BCUT2D eigenvalue weighted by molar-refractivity contribution is -0.144. The Morgan fingerprint density at radius 1 is 1.12 bits per heavy atom. The van der Waals surface area contributed by atoms with Crippen molar-refractivity contribution in [1.82, 2.24) is 20.5 Å². The minimum absolute atomic E-state index is 0.104. The Morgan fingerprint density at radius 2 is 1.79 bits per heavy atom. The van der Waals surface area contributed by atoms with Crippen molar-refractivity contribution in [2.24, 2.45) is 0 Å². The Kier molecular flexibility index (Phi) is 5.46. The smallest absolute Gasteiger partial charge is 0.414 e. The van der Waals surface area contributed by atoms with E-state index in [-0.39, 0.29) is 43.9 Å². The summed E-state index contributed by atoms with van der Waals surface area (Å²) < 4.78 is 10.5. The number of amides is 2. The number of carbonyl (C=O) groups excluding carboxylic acids is 2. The van der Waals surface area contributed by atoms with Gasteiger partial charge in [-0.1, -0.05) is 48.5 Å². The first kappa shape index (κ1) is 21.6. The molecule has 1 saturated heterocycles. The van der Waals surface area contributed by atoms with Gasteiger partial charge in [-0.2, -0.15) is 4.98 Å². The molecule has 174 valence electrons. The van der Waals surface area contributed by atoms with Gasteiger partial charge in [0, 0.05) is 18.9 Å². The van der Waals surface area contributed by atoms with Gasteiger partial charge in [0.15, 0.2) is 5.54 Å². The van der Waals surface area contributed by atoms with E-state index >= 15 is 0 Å². The molecule has 3 aromatic rings. The summed E-state index contributed by atoms with van der Waals surface area (Å²) in [4.78, 5) is 40.3. The zero-order chi connectivity index (χ0) is 23.7. The molecule has 0 bridgehead atoms. The van der Waals surface area contributed by atoms with Crippen LogP contribution in [0.25, 0.3) is 11.1 Å². The lowest BCUT2D eigenvalue weighted by Crippen LogP contribution is -2.55. The second-order valence-electron chi connectivity index (χ2n) is 8.10. The van der Waals surface area contributed by atoms with E-state index in [1.54, 1.807) is 0 Å². The molecule has 2 aromatic carbocycles. The molecule has 1 unspecified atom stereocenters. The van der Waals surface area contributed by atoms with Crippen LogP contribution in [0, 0.1) is 0 Å². The van der Waals surface area contributed by atoms with Gasteiger partial charge in [0.25, 0.3) is 11.9 Å². The van der Waals surface area contributed by atoms with Crippen LogP contribution in [0.1, 0.15) is 34.1 Å². The van der Waals surface area contributed by atoms with Crippen LogP contribution in [-0.4, -0.2) is 63.6 Å². The van der Waals surface area contributed by atoms with Crippen molar-refractivity contribution in [2.45, 2.75) is 17.9 Å². The van der Waals surface area contributed by atoms with Gasteiger partial charge in [-0.05, 0) is 22.3 Å². The van der Waals surface area contributed by atoms with Crippen molar-refractivity contribution in [2.75, 3.05) is 25.1 Å². The molecular weight excluding hydrogens is 442 g/mol. The molecule has 1 fully saturated rings. The molecule has 1 aliphatic carbocycles. The van der Waals surface area contributed by atoms with Gasteiger partial charge in [0.2, 0.25) is 5.82 Å². The molecule has 0 saturated carbocycles. The third kappa shape index (κ3) is 3.86. The van der Waals surface area contributed by atoms with E-state index in [1.165, 1.54) is 0 Å². The number of fused-ring (bicyclic) bond motifs is 3. The number of carboxylic acids is 1. The molecule has 11 heteroatoms. The maximum Gasteiger partial charge on any atom is 0.414 e. The number of rotatable bonds is 6. The van der Waals surface area contributed by atoms with Crippen LogP contribution in [0.5, 0.6) is 0 Å². The Balaban J connectivity index is 1.21. The molecule has 1 atom stereocenters. The number of aromatic nitrogens is 3. The summed E-state index contributed by atoms with van der Waals surface area (Å²) in [5.74, 6) is -2.50. The van der Waals surface area contributed by atoms with Crippen molar-refractivity contribution in [3.8, 4) is 11.1 Å². The Hall–Kier alpha value is -4.25. The third-order valence-electron chi connectivity index (χ3n) is 6.04. The summed E-state index contributed by atoms with van der Waals surface area (Å²) in [6.45, 7) is 0.184. The lowest BCUT2D eigenvalue weighted by atomic mass is 9.98. The Bertz CT molecular complexity index is 1220. The van der Waals surface area contributed by atoms with E-state index in [1.807, 2.05) is 48.5 Å². The van der Waals surface area contributed by atoms with Crippen LogP contribution in [0.3, 0.4) is 0 Å². The fraction of sp³-hybridized carbons (Fsp3) is 0.261. The minimum Gasteiger partial charge on any atom is -0.479 e. The summed E-state index contributed by atoms with van der Waals surface area (Å²) in [5.41, 5.74) is 2.87. The summed E-state index contributed by atoms with van der Waals surface area (Å²) in [6.07, 6.45) is -0.647. The van der Waals surface area contributed by atoms with E-state index < -0.39 is 23.5 Å². The number of carbonyl (C=O) groups is 3. The number of H-pyrrole nitrogens is 1. The van der Waals surface area contributed by atoms with Crippen LogP contribution in [0.15, 0.2) is 48.5 Å². The molecule has 34 heavy (non-hydrogen) atoms. The average molecular weight is 463 g/mol. The van der Waals surface area contributed by atoms with Gasteiger partial charge in [0.1, 0.15) is 6.61 Å². The van der Waals surface area contributed by atoms with E-state index in [0.717, 1.165) is 22.3 Å². The van der Waals surface area contributed by atoms with Gasteiger partial charge in [-0.3, -0.25) is 15.2 Å². The van der Waals surface area contributed by atoms with Gasteiger partial charge in [0.05, 0.1) is 6.61 Å². The van der Waals surface area contributed by atoms with Gasteiger partial charge >= 0.3 is 12.1 Å². The first-order valence-corrected chi connectivity index (χ1v) is 10.6. The standard InChI is InChI=1S/C23H21N5O6/c29-19(26-23(20(30)31)9-10-33-12-23)18-24-21(28-27-18)25-22(32)34-11-17-15-7-3-1-5-13(15)14-6-2-4-8-16(14)17/h1-8,17H,9-12H2,(H,26,29)(H,30,31)(H2,24,25,27,28,32). The average Bonchev–Trinajstić information content (AvgIpc) is 3.56. The van der Waals surface area contributed by atoms with Crippen molar-refractivity contribution in [3.63, 3.8) is 0 Å². The molecular formula is C23H21N5O6. The van der Waals surface area contributed by atoms with Crippen LogP contribution in [-0.2, 0) is 14.3 Å². The molecule has 1 aliphatic heterocycles. The second-order valence-corrected chi connectivity index (χ2v) is 8.10. The highest BCUT2D eigenvalue weighted by molar-refractivity contribution is 5.95. The van der Waals surface area contributed by atoms with Crippen molar-refractivity contribution >= 4 is 23.9 Å². The van der Waals surface area contributed by atoms with Crippen molar-refractivity contribution in [3.05, 3.63) is 65.5 Å². The van der Waals surface area contributed by atoms with Crippen LogP contribution < -0.4 is 10.6 Å².